The number of hydrogen-bond acceptors (Lipinski definition) is 2. The van der Waals surface area contributed by atoms with E-state index in [4.69, 9.17) is 16.3 Å². The maximum atomic E-state index is 5.71. The van der Waals surface area contributed by atoms with Crippen LogP contribution in [0.15, 0.2) is 0 Å². The van der Waals surface area contributed by atoms with Crippen molar-refractivity contribution in [3.63, 3.8) is 0 Å². The second kappa shape index (κ2) is 6.63. The summed E-state index contributed by atoms with van der Waals surface area (Å²) in [6.07, 6.45) is 3.45. The number of alkyl halides is 1. The number of nitrogens with one attached hydrogen (secondary N) is 1. The third-order valence-corrected chi connectivity index (χ3v) is 2.89. The normalized spacial score (nSPS) is 24.9. The predicted molar refractivity (Wildman–Crippen MR) is 56.3 cm³/mol. The highest BCUT2D eigenvalue weighted by atomic mass is 35.5. The molecule has 0 saturated carbocycles. The molecule has 13 heavy (non-hydrogen) atoms. The minimum atomic E-state index is 0.595. The second-order valence-electron chi connectivity index (χ2n) is 3.72. The van der Waals surface area contributed by atoms with Crippen molar-refractivity contribution in [2.75, 3.05) is 25.6 Å². The molecule has 1 rings (SSSR count). The number of rotatable bonds is 6. The van der Waals surface area contributed by atoms with Gasteiger partial charge < -0.3 is 10.1 Å². The van der Waals surface area contributed by atoms with Gasteiger partial charge in [-0.2, -0.15) is 0 Å². The Morgan fingerprint density at radius 1 is 1.62 bits per heavy atom. The lowest BCUT2D eigenvalue weighted by Gasteiger charge is -2.17. The molecule has 1 fully saturated rings. The molecule has 0 aliphatic carbocycles. The zero-order valence-corrected chi connectivity index (χ0v) is 9.15. The van der Waals surface area contributed by atoms with Crippen LogP contribution in [0.3, 0.4) is 0 Å². The van der Waals surface area contributed by atoms with Crippen LogP contribution in [0, 0.1) is 5.92 Å². The fourth-order valence-corrected chi connectivity index (χ4v) is 1.92. The highest BCUT2D eigenvalue weighted by Gasteiger charge is 2.16. The number of hydrogen-bond donors (Lipinski definition) is 1. The van der Waals surface area contributed by atoms with Crippen LogP contribution in [0.25, 0.3) is 0 Å². The molecule has 1 aliphatic heterocycles. The van der Waals surface area contributed by atoms with Gasteiger partial charge in [-0.25, -0.2) is 0 Å². The van der Waals surface area contributed by atoms with E-state index in [1.807, 2.05) is 0 Å². The van der Waals surface area contributed by atoms with Crippen molar-refractivity contribution < 1.29 is 4.74 Å². The van der Waals surface area contributed by atoms with Gasteiger partial charge in [-0.3, -0.25) is 0 Å². The van der Waals surface area contributed by atoms with Crippen LogP contribution in [0.1, 0.15) is 26.2 Å². The summed E-state index contributed by atoms with van der Waals surface area (Å²) < 4.78 is 5.32. The third-order valence-electron chi connectivity index (χ3n) is 2.67. The van der Waals surface area contributed by atoms with Crippen molar-refractivity contribution in [1.82, 2.24) is 5.32 Å². The van der Waals surface area contributed by atoms with Gasteiger partial charge in [-0.1, -0.05) is 6.92 Å². The van der Waals surface area contributed by atoms with Crippen molar-refractivity contribution in [2.45, 2.75) is 32.2 Å². The molecule has 2 unspecified atom stereocenters. The Balaban J connectivity index is 2.07. The summed E-state index contributed by atoms with van der Waals surface area (Å²) in [5.41, 5.74) is 0. The lowest BCUT2D eigenvalue weighted by Crippen LogP contribution is -2.33. The summed E-state index contributed by atoms with van der Waals surface area (Å²) in [5, 5.41) is 3.55. The first kappa shape index (κ1) is 11.3. The molecule has 0 amide bonds. The van der Waals surface area contributed by atoms with E-state index < -0.39 is 0 Å². The first-order valence-corrected chi connectivity index (χ1v) is 5.77. The summed E-state index contributed by atoms with van der Waals surface area (Å²) in [4.78, 5) is 0. The Kier molecular flexibility index (Phi) is 5.76. The van der Waals surface area contributed by atoms with Crippen LogP contribution < -0.4 is 5.32 Å². The minimum Gasteiger partial charge on any atom is -0.381 e. The fourth-order valence-electron chi connectivity index (χ4n) is 1.66. The van der Waals surface area contributed by atoms with E-state index in [9.17, 15) is 0 Å². The Bertz CT molecular complexity index is 126. The summed E-state index contributed by atoms with van der Waals surface area (Å²) >= 11 is 5.71. The molecule has 0 aromatic heterocycles. The zero-order valence-electron chi connectivity index (χ0n) is 8.39. The first-order valence-electron chi connectivity index (χ1n) is 5.24. The smallest absolute Gasteiger partial charge is 0.0507 e. The van der Waals surface area contributed by atoms with Gasteiger partial charge in [0.1, 0.15) is 0 Å². The van der Waals surface area contributed by atoms with Gasteiger partial charge in [-0.15, -0.1) is 11.6 Å². The maximum absolute atomic E-state index is 5.71. The Hall–Kier alpha value is 0.210. The molecule has 0 aromatic carbocycles. The molecule has 0 aromatic rings. The summed E-state index contributed by atoms with van der Waals surface area (Å²) in [5.74, 6) is 1.48. The lowest BCUT2D eigenvalue weighted by atomic mass is 10.1. The quantitative estimate of drug-likeness (QED) is 0.670. The Morgan fingerprint density at radius 3 is 3.00 bits per heavy atom. The average molecular weight is 206 g/mol. The fraction of sp³-hybridized carbons (Fsp3) is 1.00. The van der Waals surface area contributed by atoms with Crippen LogP contribution >= 0.6 is 11.6 Å². The van der Waals surface area contributed by atoms with E-state index in [-0.39, 0.29) is 0 Å². The lowest BCUT2D eigenvalue weighted by molar-refractivity contribution is 0.184. The van der Waals surface area contributed by atoms with Gasteiger partial charge in [0.15, 0.2) is 0 Å². The van der Waals surface area contributed by atoms with E-state index in [1.54, 1.807) is 0 Å². The predicted octanol–water partition coefficient (Wildman–Crippen LogP) is 2.02. The molecule has 0 radical (unpaired) electrons. The molecule has 78 valence electrons. The topological polar surface area (TPSA) is 21.3 Å². The van der Waals surface area contributed by atoms with Crippen molar-refractivity contribution >= 4 is 11.6 Å². The van der Waals surface area contributed by atoms with Gasteiger partial charge in [0.2, 0.25) is 0 Å². The SMILES string of the molecule is CCC(CCCl)NCC1CCOC1. The van der Waals surface area contributed by atoms with Crippen molar-refractivity contribution in [2.24, 2.45) is 5.92 Å². The first-order chi connectivity index (χ1) is 6.36. The van der Waals surface area contributed by atoms with Gasteiger partial charge in [0, 0.05) is 25.1 Å². The van der Waals surface area contributed by atoms with E-state index >= 15 is 0 Å². The number of halogens is 1. The summed E-state index contributed by atoms with van der Waals surface area (Å²) in [6, 6.07) is 0.595. The zero-order chi connectivity index (χ0) is 9.52. The minimum absolute atomic E-state index is 0.595. The monoisotopic (exact) mass is 205 g/mol. The van der Waals surface area contributed by atoms with Crippen molar-refractivity contribution in [3.05, 3.63) is 0 Å². The molecule has 2 nitrogen and oxygen atoms in total. The van der Waals surface area contributed by atoms with E-state index in [1.165, 1.54) is 12.8 Å². The average Bonchev–Trinajstić information content (AvgIpc) is 2.64. The Labute approximate surface area is 86.0 Å². The van der Waals surface area contributed by atoms with Gasteiger partial charge in [0.05, 0.1) is 6.61 Å². The van der Waals surface area contributed by atoms with E-state index in [0.29, 0.717) is 6.04 Å². The van der Waals surface area contributed by atoms with Crippen LogP contribution in [-0.2, 0) is 4.74 Å². The van der Waals surface area contributed by atoms with Crippen LogP contribution in [0.5, 0.6) is 0 Å². The Morgan fingerprint density at radius 2 is 2.46 bits per heavy atom. The second-order valence-corrected chi connectivity index (χ2v) is 4.10. The highest BCUT2D eigenvalue weighted by Crippen LogP contribution is 2.11. The van der Waals surface area contributed by atoms with Crippen molar-refractivity contribution in [3.8, 4) is 0 Å². The molecule has 0 spiro atoms. The molecule has 1 aliphatic rings. The highest BCUT2D eigenvalue weighted by molar-refractivity contribution is 6.17. The van der Waals surface area contributed by atoms with Crippen LogP contribution in [0.4, 0.5) is 0 Å². The molecular formula is C10H20ClNO. The largest absolute Gasteiger partial charge is 0.381 e. The van der Waals surface area contributed by atoms with Crippen LogP contribution in [-0.4, -0.2) is 31.7 Å². The van der Waals surface area contributed by atoms with Crippen LogP contribution in [0.2, 0.25) is 0 Å². The molecule has 1 saturated heterocycles. The van der Waals surface area contributed by atoms with Crippen molar-refractivity contribution in [1.29, 1.82) is 0 Å². The van der Waals surface area contributed by atoms with Gasteiger partial charge in [-0.05, 0) is 25.2 Å². The molecule has 2 atom stereocenters. The summed E-state index contributed by atoms with van der Waals surface area (Å²) in [7, 11) is 0. The van der Waals surface area contributed by atoms with Gasteiger partial charge >= 0.3 is 0 Å². The maximum Gasteiger partial charge on any atom is 0.0507 e. The van der Waals surface area contributed by atoms with Gasteiger partial charge in [0.25, 0.3) is 0 Å². The third kappa shape index (κ3) is 4.30. The summed E-state index contributed by atoms with van der Waals surface area (Å²) in [6.45, 7) is 5.17. The molecule has 1 N–H and O–H groups in total. The molecule has 0 bridgehead atoms. The van der Waals surface area contributed by atoms with E-state index in [0.717, 1.165) is 38.0 Å². The standard InChI is InChI=1S/C10H20ClNO/c1-2-10(3-5-11)12-7-9-4-6-13-8-9/h9-10,12H,2-8H2,1H3. The van der Waals surface area contributed by atoms with E-state index in [2.05, 4.69) is 12.2 Å². The number of ether oxygens (including phenoxy) is 1. The molecule has 1 heterocycles. The molecule has 3 heteroatoms. The molecular weight excluding hydrogens is 186 g/mol.